The molecule has 1 N–H and O–H groups in total. The molecule has 0 saturated heterocycles. The van der Waals surface area contributed by atoms with Crippen LogP contribution in [0.4, 0.5) is 0 Å². The van der Waals surface area contributed by atoms with Crippen LogP contribution < -0.4 is 5.32 Å². The minimum Gasteiger partial charge on any atom is -0.344 e. The fourth-order valence-electron chi connectivity index (χ4n) is 7.33. The number of fused-ring (bicyclic) bond motifs is 7. The number of amidine groups is 2. The van der Waals surface area contributed by atoms with Crippen molar-refractivity contribution >= 4 is 64.9 Å². The van der Waals surface area contributed by atoms with Crippen LogP contribution in [0.2, 0.25) is 0 Å². The molecular formula is C46H30N4S. The van der Waals surface area contributed by atoms with Gasteiger partial charge >= 0.3 is 0 Å². The van der Waals surface area contributed by atoms with Crippen LogP contribution in [0.15, 0.2) is 180 Å². The standard InChI is InChI=1S/C46H30N4S/c1-4-14-29(15-5-1)42-36-26-27-39-41(40(36)35-22-10-11-25-38(35)47-42)37-24-13-23-34(43(37)51-39)32-20-12-21-33(28-32)46-49-44(30-16-6-2-7-17-30)48-45(50-46)31-18-8-3-9-19-31/h1-28,44H,(H,48,49,50). The average molecular weight is 671 g/mol. The molecule has 240 valence electrons. The Morgan fingerprint density at radius 1 is 0.510 bits per heavy atom. The van der Waals surface area contributed by atoms with Crippen molar-refractivity contribution in [2.75, 3.05) is 0 Å². The molecule has 1 aliphatic heterocycles. The van der Waals surface area contributed by atoms with Gasteiger partial charge in [0.2, 0.25) is 0 Å². The Kier molecular flexibility index (Phi) is 7.03. The van der Waals surface area contributed by atoms with Crippen LogP contribution in [0.5, 0.6) is 0 Å². The van der Waals surface area contributed by atoms with Crippen molar-refractivity contribution in [3.05, 3.63) is 187 Å². The minimum atomic E-state index is -0.248. The highest BCUT2D eigenvalue weighted by molar-refractivity contribution is 7.26. The van der Waals surface area contributed by atoms with Crippen molar-refractivity contribution in [3.63, 3.8) is 0 Å². The van der Waals surface area contributed by atoms with Gasteiger partial charge in [-0.2, -0.15) is 0 Å². The lowest BCUT2D eigenvalue weighted by Crippen LogP contribution is -2.33. The highest BCUT2D eigenvalue weighted by Crippen LogP contribution is 2.46. The maximum atomic E-state index is 5.19. The maximum absolute atomic E-state index is 5.19. The molecule has 0 aliphatic carbocycles. The van der Waals surface area contributed by atoms with Gasteiger partial charge in [-0.05, 0) is 34.9 Å². The molecule has 0 spiro atoms. The number of aromatic nitrogens is 1. The van der Waals surface area contributed by atoms with Crippen LogP contribution in [-0.4, -0.2) is 16.7 Å². The summed E-state index contributed by atoms with van der Waals surface area (Å²) in [5, 5.41) is 9.79. The first-order chi connectivity index (χ1) is 25.3. The quantitative estimate of drug-likeness (QED) is 0.185. The van der Waals surface area contributed by atoms with E-state index in [0.717, 1.165) is 50.7 Å². The van der Waals surface area contributed by atoms with E-state index in [0.29, 0.717) is 0 Å². The van der Waals surface area contributed by atoms with Crippen LogP contribution in [0.3, 0.4) is 0 Å². The number of nitrogens with zero attached hydrogens (tertiary/aromatic N) is 3. The topological polar surface area (TPSA) is 49.6 Å². The van der Waals surface area contributed by atoms with Gasteiger partial charge in [0.15, 0.2) is 5.84 Å². The molecular weight excluding hydrogens is 641 g/mol. The highest BCUT2D eigenvalue weighted by Gasteiger charge is 2.22. The van der Waals surface area contributed by atoms with Gasteiger partial charge in [-0.15, -0.1) is 11.3 Å². The van der Waals surface area contributed by atoms with Gasteiger partial charge in [0.1, 0.15) is 12.0 Å². The highest BCUT2D eigenvalue weighted by atomic mass is 32.1. The third kappa shape index (κ3) is 5.09. The molecule has 4 nitrogen and oxygen atoms in total. The van der Waals surface area contributed by atoms with Gasteiger partial charge in [0.25, 0.3) is 0 Å². The van der Waals surface area contributed by atoms with E-state index in [1.807, 2.05) is 35.6 Å². The Morgan fingerprint density at radius 2 is 1.18 bits per heavy atom. The van der Waals surface area contributed by atoms with E-state index in [1.54, 1.807) is 0 Å². The molecule has 1 unspecified atom stereocenters. The molecule has 5 heteroatoms. The Hall–Kier alpha value is -6.43. The third-order valence-electron chi connectivity index (χ3n) is 9.71. The zero-order valence-corrected chi connectivity index (χ0v) is 28.3. The molecule has 7 aromatic carbocycles. The van der Waals surface area contributed by atoms with Gasteiger partial charge in [0, 0.05) is 53.0 Å². The van der Waals surface area contributed by atoms with Gasteiger partial charge in [-0.3, -0.25) is 0 Å². The second-order valence-corrected chi connectivity index (χ2v) is 13.9. The summed E-state index contributed by atoms with van der Waals surface area (Å²) in [4.78, 5) is 15.3. The fraction of sp³-hybridized carbons (Fsp3) is 0.0217. The Morgan fingerprint density at radius 3 is 2.00 bits per heavy atom. The van der Waals surface area contributed by atoms with Gasteiger partial charge < -0.3 is 5.32 Å². The number of hydrogen-bond acceptors (Lipinski definition) is 5. The molecule has 1 atom stereocenters. The minimum absolute atomic E-state index is 0.248. The number of para-hydroxylation sites is 1. The lowest BCUT2D eigenvalue weighted by atomic mass is 9.95. The predicted octanol–water partition coefficient (Wildman–Crippen LogP) is 11.6. The smallest absolute Gasteiger partial charge is 0.159 e. The Balaban J connectivity index is 1.14. The van der Waals surface area contributed by atoms with Crippen molar-refractivity contribution in [1.82, 2.24) is 10.3 Å². The van der Waals surface area contributed by atoms with E-state index in [9.17, 15) is 0 Å². The van der Waals surface area contributed by atoms with E-state index < -0.39 is 0 Å². The van der Waals surface area contributed by atoms with Crippen molar-refractivity contribution in [3.8, 4) is 22.4 Å². The summed E-state index contributed by atoms with van der Waals surface area (Å²) in [6.07, 6.45) is -0.248. The molecule has 2 aromatic heterocycles. The monoisotopic (exact) mass is 670 g/mol. The molecule has 0 radical (unpaired) electrons. The number of benzene rings is 7. The number of hydrogen-bond donors (Lipinski definition) is 1. The van der Waals surface area contributed by atoms with Crippen LogP contribution in [0.1, 0.15) is 22.9 Å². The van der Waals surface area contributed by atoms with Gasteiger partial charge in [-0.25, -0.2) is 15.0 Å². The summed E-state index contributed by atoms with van der Waals surface area (Å²) in [5.74, 6) is 1.53. The molecule has 1 aliphatic rings. The summed E-state index contributed by atoms with van der Waals surface area (Å²) in [6.45, 7) is 0. The largest absolute Gasteiger partial charge is 0.344 e. The van der Waals surface area contributed by atoms with Crippen molar-refractivity contribution in [2.45, 2.75) is 6.17 Å². The first kappa shape index (κ1) is 29.5. The molecule has 0 saturated carbocycles. The van der Waals surface area contributed by atoms with Crippen LogP contribution in [0.25, 0.3) is 64.2 Å². The molecule has 3 heterocycles. The van der Waals surface area contributed by atoms with Crippen molar-refractivity contribution < 1.29 is 0 Å². The summed E-state index contributed by atoms with van der Waals surface area (Å²) in [7, 11) is 0. The van der Waals surface area contributed by atoms with E-state index in [4.69, 9.17) is 15.0 Å². The van der Waals surface area contributed by atoms with Gasteiger partial charge in [0.05, 0.1) is 11.2 Å². The van der Waals surface area contributed by atoms with E-state index in [1.165, 1.54) is 41.9 Å². The average Bonchev–Trinajstić information content (AvgIpc) is 3.60. The van der Waals surface area contributed by atoms with Crippen molar-refractivity contribution in [1.29, 1.82) is 0 Å². The van der Waals surface area contributed by atoms with Crippen molar-refractivity contribution in [2.24, 2.45) is 9.98 Å². The number of thiophene rings is 1. The lowest BCUT2D eigenvalue weighted by Gasteiger charge is -2.24. The second-order valence-electron chi connectivity index (χ2n) is 12.8. The van der Waals surface area contributed by atoms with Gasteiger partial charge in [-0.1, -0.05) is 152 Å². The summed E-state index contributed by atoms with van der Waals surface area (Å²) in [5.41, 5.74) is 8.61. The Labute approximate surface area is 299 Å². The van der Waals surface area contributed by atoms with Crippen LogP contribution >= 0.6 is 11.3 Å². The summed E-state index contributed by atoms with van der Waals surface area (Å²) < 4.78 is 2.54. The number of aliphatic imine (C=N–C) groups is 2. The van der Waals surface area contributed by atoms with Crippen LogP contribution in [-0.2, 0) is 0 Å². The summed E-state index contributed by atoms with van der Waals surface area (Å²) in [6, 6.07) is 59.6. The zero-order chi connectivity index (χ0) is 33.7. The molecule has 10 rings (SSSR count). The molecule has 0 bridgehead atoms. The molecule has 9 aromatic rings. The second kappa shape index (κ2) is 12.2. The maximum Gasteiger partial charge on any atom is 0.159 e. The SMILES string of the molecule is c1ccc(C2=NC(c3ccccc3)NC(c3cccc(-c4cccc5c4sc4ccc6c(-c7ccccc7)nc7ccccc7c6c45)c3)=N2)cc1. The molecule has 51 heavy (non-hydrogen) atoms. The Bertz CT molecular complexity index is 2820. The number of pyridine rings is 1. The zero-order valence-electron chi connectivity index (χ0n) is 27.5. The van der Waals surface area contributed by atoms with E-state index >= 15 is 0 Å². The first-order valence-electron chi connectivity index (χ1n) is 17.1. The molecule has 0 fully saturated rings. The molecule has 0 amide bonds. The number of rotatable bonds is 5. The fourth-order valence-corrected chi connectivity index (χ4v) is 8.57. The summed E-state index contributed by atoms with van der Waals surface area (Å²) >= 11 is 1.86. The normalized spacial score (nSPS) is 14.5. The van der Waals surface area contributed by atoms with Crippen LogP contribution in [0, 0.1) is 0 Å². The predicted molar refractivity (Wildman–Crippen MR) is 215 cm³/mol. The third-order valence-corrected chi connectivity index (χ3v) is 10.9. The van der Waals surface area contributed by atoms with E-state index in [-0.39, 0.29) is 6.17 Å². The van der Waals surface area contributed by atoms with E-state index in [2.05, 4.69) is 151 Å². The first-order valence-corrected chi connectivity index (χ1v) is 18.0. The number of nitrogens with one attached hydrogen (secondary N) is 1. The lowest BCUT2D eigenvalue weighted by molar-refractivity contribution is 0.674.